The van der Waals surface area contributed by atoms with Crippen LogP contribution in [0, 0.1) is 5.92 Å². The van der Waals surface area contributed by atoms with Crippen molar-refractivity contribution in [3.8, 4) is 0 Å². The molecule has 0 aromatic heterocycles. The second-order valence-corrected chi connectivity index (χ2v) is 2.34. The second-order valence-electron chi connectivity index (χ2n) is 2.34. The van der Waals surface area contributed by atoms with E-state index >= 15 is 0 Å². The smallest absolute Gasteiger partial charge is 0.116 e. The predicted molar refractivity (Wildman–Crippen MR) is 31.5 cm³/mol. The molecule has 0 aliphatic carbocycles. The van der Waals surface area contributed by atoms with Crippen molar-refractivity contribution in [3.05, 3.63) is 0 Å². The summed E-state index contributed by atoms with van der Waals surface area (Å²) >= 11 is 0. The molecule has 0 aromatic carbocycles. The Morgan fingerprint density at radius 3 is 2.62 bits per heavy atom. The molecule has 0 bridgehead atoms. The average Bonchev–Trinajstić information content (AvgIpc) is 2.14. The van der Waals surface area contributed by atoms with E-state index in [9.17, 15) is 4.39 Å². The Kier molecular flexibility index (Phi) is 1.84. The summed E-state index contributed by atoms with van der Waals surface area (Å²) in [5.41, 5.74) is 0. The van der Waals surface area contributed by atoms with Crippen LogP contribution in [0.15, 0.2) is 0 Å². The van der Waals surface area contributed by atoms with Crippen molar-refractivity contribution >= 4 is 0 Å². The summed E-state index contributed by atoms with van der Waals surface area (Å²) in [5.74, 6) is 0.287. The molecular formula is C6H12FN. The van der Waals surface area contributed by atoms with Crippen LogP contribution in [0.1, 0.15) is 13.3 Å². The number of hydrogen-bond donors (Lipinski definition) is 1. The average molecular weight is 117 g/mol. The molecule has 1 aliphatic heterocycles. The van der Waals surface area contributed by atoms with Crippen LogP contribution in [0.2, 0.25) is 0 Å². The van der Waals surface area contributed by atoms with Crippen molar-refractivity contribution < 1.29 is 4.39 Å². The molecule has 0 spiro atoms. The summed E-state index contributed by atoms with van der Waals surface area (Å²) in [4.78, 5) is 0. The van der Waals surface area contributed by atoms with Crippen molar-refractivity contribution in [1.29, 1.82) is 0 Å². The zero-order valence-corrected chi connectivity index (χ0v) is 5.15. The molecule has 2 atom stereocenters. The first kappa shape index (κ1) is 6.02. The number of nitrogens with one attached hydrogen (secondary N) is 1. The monoisotopic (exact) mass is 117 g/mol. The first-order valence-electron chi connectivity index (χ1n) is 3.19. The van der Waals surface area contributed by atoms with Gasteiger partial charge in [-0.3, -0.25) is 0 Å². The van der Waals surface area contributed by atoms with Gasteiger partial charge in [0.15, 0.2) is 0 Å². The Morgan fingerprint density at radius 2 is 2.38 bits per heavy atom. The van der Waals surface area contributed by atoms with Crippen LogP contribution in [0.4, 0.5) is 4.39 Å². The minimum atomic E-state index is -0.583. The Bertz CT molecular complexity index is 74.9. The first-order chi connectivity index (χ1) is 3.84. The molecule has 1 saturated heterocycles. The van der Waals surface area contributed by atoms with Crippen LogP contribution in [-0.2, 0) is 0 Å². The molecule has 1 heterocycles. The SMILES string of the molecule is CC[C@H]1CNC[C@H]1F. The van der Waals surface area contributed by atoms with E-state index in [1.807, 2.05) is 6.92 Å². The third-order valence-electron chi connectivity index (χ3n) is 1.78. The molecule has 0 radical (unpaired) electrons. The highest BCUT2D eigenvalue weighted by Gasteiger charge is 2.24. The van der Waals surface area contributed by atoms with Crippen molar-refractivity contribution in [2.45, 2.75) is 19.5 Å². The van der Waals surface area contributed by atoms with Gasteiger partial charge in [-0.25, -0.2) is 4.39 Å². The van der Waals surface area contributed by atoms with Crippen molar-refractivity contribution in [1.82, 2.24) is 5.32 Å². The standard InChI is InChI=1S/C6H12FN/c1-2-5-3-8-4-6(5)7/h5-6,8H,2-4H2,1H3/t5-,6+/m0/s1. The summed E-state index contributed by atoms with van der Waals surface area (Å²) in [5, 5.41) is 3.00. The Labute approximate surface area is 49.3 Å². The third-order valence-corrected chi connectivity index (χ3v) is 1.78. The number of alkyl halides is 1. The fourth-order valence-corrected chi connectivity index (χ4v) is 1.10. The molecular weight excluding hydrogens is 105 g/mol. The Balaban J connectivity index is 2.30. The number of rotatable bonds is 1. The van der Waals surface area contributed by atoms with E-state index in [4.69, 9.17) is 0 Å². The highest BCUT2D eigenvalue weighted by atomic mass is 19.1. The van der Waals surface area contributed by atoms with Crippen molar-refractivity contribution in [2.24, 2.45) is 5.92 Å². The van der Waals surface area contributed by atoms with Crippen LogP contribution < -0.4 is 5.32 Å². The summed E-state index contributed by atoms with van der Waals surface area (Å²) < 4.78 is 12.5. The van der Waals surface area contributed by atoms with E-state index in [1.54, 1.807) is 0 Å². The quantitative estimate of drug-likeness (QED) is 0.539. The molecule has 2 heteroatoms. The van der Waals surface area contributed by atoms with Gasteiger partial charge < -0.3 is 5.32 Å². The van der Waals surface area contributed by atoms with Gasteiger partial charge in [-0.05, 0) is 6.42 Å². The van der Waals surface area contributed by atoms with Crippen LogP contribution in [0.3, 0.4) is 0 Å². The maximum Gasteiger partial charge on any atom is 0.116 e. The van der Waals surface area contributed by atoms with E-state index < -0.39 is 6.17 Å². The zero-order valence-electron chi connectivity index (χ0n) is 5.15. The van der Waals surface area contributed by atoms with Gasteiger partial charge in [0.25, 0.3) is 0 Å². The van der Waals surface area contributed by atoms with E-state index in [1.165, 1.54) is 0 Å². The van der Waals surface area contributed by atoms with E-state index in [-0.39, 0.29) is 5.92 Å². The Morgan fingerprint density at radius 1 is 1.62 bits per heavy atom. The number of halogens is 1. The van der Waals surface area contributed by atoms with Crippen molar-refractivity contribution in [2.75, 3.05) is 13.1 Å². The molecule has 1 fully saturated rings. The lowest BCUT2D eigenvalue weighted by molar-refractivity contribution is 0.278. The minimum absolute atomic E-state index is 0.287. The maximum atomic E-state index is 12.5. The van der Waals surface area contributed by atoms with Gasteiger partial charge in [0.05, 0.1) is 0 Å². The van der Waals surface area contributed by atoms with Crippen molar-refractivity contribution in [3.63, 3.8) is 0 Å². The summed E-state index contributed by atoms with van der Waals surface area (Å²) in [6, 6.07) is 0. The van der Waals surface area contributed by atoms with Gasteiger partial charge in [-0.2, -0.15) is 0 Å². The predicted octanol–water partition coefficient (Wildman–Crippen LogP) is 0.954. The van der Waals surface area contributed by atoms with Gasteiger partial charge >= 0.3 is 0 Å². The van der Waals surface area contributed by atoms with Gasteiger partial charge in [-0.15, -0.1) is 0 Å². The fraction of sp³-hybridized carbons (Fsp3) is 1.00. The molecule has 0 saturated carbocycles. The topological polar surface area (TPSA) is 12.0 Å². The molecule has 8 heavy (non-hydrogen) atoms. The largest absolute Gasteiger partial charge is 0.313 e. The lowest BCUT2D eigenvalue weighted by Gasteiger charge is -2.05. The molecule has 0 unspecified atom stereocenters. The fourth-order valence-electron chi connectivity index (χ4n) is 1.10. The highest BCUT2D eigenvalue weighted by molar-refractivity contribution is 4.79. The first-order valence-corrected chi connectivity index (χ1v) is 3.19. The van der Waals surface area contributed by atoms with E-state index in [2.05, 4.69) is 5.32 Å². The van der Waals surface area contributed by atoms with Crippen LogP contribution >= 0.6 is 0 Å². The van der Waals surface area contributed by atoms with E-state index in [0.717, 1.165) is 13.0 Å². The lowest BCUT2D eigenvalue weighted by atomic mass is 10.1. The minimum Gasteiger partial charge on any atom is -0.313 e. The molecule has 0 aromatic rings. The molecule has 0 amide bonds. The summed E-state index contributed by atoms with van der Waals surface area (Å²) in [7, 11) is 0. The van der Waals surface area contributed by atoms with Crippen LogP contribution in [-0.4, -0.2) is 19.3 Å². The lowest BCUT2D eigenvalue weighted by Crippen LogP contribution is -2.10. The van der Waals surface area contributed by atoms with Gasteiger partial charge in [-0.1, -0.05) is 6.92 Å². The van der Waals surface area contributed by atoms with Gasteiger partial charge in [0.1, 0.15) is 6.17 Å². The van der Waals surface area contributed by atoms with Crippen LogP contribution in [0.25, 0.3) is 0 Å². The molecule has 1 N–H and O–H groups in total. The summed E-state index contributed by atoms with van der Waals surface area (Å²) in [6.07, 6.45) is 0.383. The van der Waals surface area contributed by atoms with Crippen LogP contribution in [0.5, 0.6) is 0 Å². The molecule has 1 rings (SSSR count). The van der Waals surface area contributed by atoms with Gasteiger partial charge in [0, 0.05) is 19.0 Å². The molecule has 48 valence electrons. The second kappa shape index (κ2) is 2.44. The Hall–Kier alpha value is -0.110. The maximum absolute atomic E-state index is 12.5. The molecule has 1 aliphatic rings. The number of hydrogen-bond acceptors (Lipinski definition) is 1. The van der Waals surface area contributed by atoms with Gasteiger partial charge in [0.2, 0.25) is 0 Å². The third kappa shape index (κ3) is 0.996. The highest BCUT2D eigenvalue weighted by Crippen LogP contribution is 2.14. The summed E-state index contributed by atoms with van der Waals surface area (Å²) in [6.45, 7) is 3.47. The molecule has 1 nitrogen and oxygen atoms in total. The van der Waals surface area contributed by atoms with E-state index in [0.29, 0.717) is 6.54 Å². The zero-order chi connectivity index (χ0) is 5.98. The normalized spacial score (nSPS) is 38.2.